The van der Waals surface area contributed by atoms with Crippen molar-refractivity contribution in [1.82, 2.24) is 9.97 Å². The summed E-state index contributed by atoms with van der Waals surface area (Å²) >= 11 is 0. The van der Waals surface area contributed by atoms with Crippen molar-refractivity contribution in [2.75, 3.05) is 5.32 Å². The summed E-state index contributed by atoms with van der Waals surface area (Å²) in [6.45, 7) is 7.38. The molecule has 4 heteroatoms. The first-order valence-electron chi connectivity index (χ1n) is 5.84. The van der Waals surface area contributed by atoms with Gasteiger partial charge in [0.2, 0.25) is 5.95 Å². The van der Waals surface area contributed by atoms with Crippen molar-refractivity contribution in [1.29, 1.82) is 0 Å². The molecule has 0 radical (unpaired) electrons. The average molecular weight is 253 g/mol. The summed E-state index contributed by atoms with van der Waals surface area (Å²) < 4.78 is 0. The number of aliphatic hydroxyl groups excluding tert-OH is 1. The topological polar surface area (TPSA) is 58.0 Å². The Morgan fingerprint density at radius 2 is 2.21 bits per heavy atom. The Labute approximate surface area is 112 Å². The van der Waals surface area contributed by atoms with Crippen LogP contribution in [0.3, 0.4) is 0 Å². The van der Waals surface area contributed by atoms with Gasteiger partial charge in [-0.3, -0.25) is 0 Å². The van der Waals surface area contributed by atoms with E-state index in [0.29, 0.717) is 11.6 Å². The van der Waals surface area contributed by atoms with Crippen LogP contribution in [-0.4, -0.2) is 15.1 Å². The van der Waals surface area contributed by atoms with Gasteiger partial charge >= 0.3 is 0 Å². The van der Waals surface area contributed by atoms with Gasteiger partial charge in [0, 0.05) is 17.5 Å². The van der Waals surface area contributed by atoms with Crippen LogP contribution in [0.1, 0.15) is 5.56 Å². The molecule has 0 spiro atoms. The van der Waals surface area contributed by atoms with Gasteiger partial charge in [-0.05, 0) is 23.8 Å². The van der Waals surface area contributed by atoms with Gasteiger partial charge in [0.25, 0.3) is 0 Å². The molecule has 1 aromatic carbocycles. The molecule has 0 bridgehead atoms. The number of benzene rings is 1. The van der Waals surface area contributed by atoms with Crippen LogP contribution in [0.4, 0.5) is 5.95 Å². The molecule has 0 aliphatic rings. The molecule has 2 N–H and O–H groups in total. The molecule has 0 amide bonds. The van der Waals surface area contributed by atoms with Gasteiger partial charge < -0.3 is 10.4 Å². The second kappa shape index (κ2) is 5.93. The molecule has 1 aromatic heterocycles. The predicted molar refractivity (Wildman–Crippen MR) is 76.4 cm³/mol. The normalized spacial score (nSPS) is 9.95. The highest BCUT2D eigenvalue weighted by atomic mass is 16.3. The Hall–Kier alpha value is -2.46. The lowest BCUT2D eigenvalue weighted by atomic mass is 10.1. The summed E-state index contributed by atoms with van der Waals surface area (Å²) in [6, 6.07) is 9.41. The second-order valence-corrected chi connectivity index (χ2v) is 3.98. The van der Waals surface area contributed by atoms with Crippen LogP contribution >= 0.6 is 0 Å². The monoisotopic (exact) mass is 253 g/mol. The number of hydrogen-bond donors (Lipinski definition) is 2. The maximum absolute atomic E-state index is 9.15. The summed E-state index contributed by atoms with van der Waals surface area (Å²) in [7, 11) is 0. The molecular weight excluding hydrogens is 238 g/mol. The van der Waals surface area contributed by atoms with Crippen LogP contribution in [0.15, 0.2) is 61.5 Å². The quantitative estimate of drug-likeness (QED) is 0.804. The SMILES string of the molecule is C=CC(=C)Nc1nccc(-c2cccc(CO)c2)n1. The highest BCUT2D eigenvalue weighted by Gasteiger charge is 2.03. The van der Waals surface area contributed by atoms with E-state index in [0.717, 1.165) is 16.8 Å². The van der Waals surface area contributed by atoms with E-state index < -0.39 is 0 Å². The zero-order chi connectivity index (χ0) is 13.7. The minimum absolute atomic E-state index is 0.0112. The van der Waals surface area contributed by atoms with Crippen molar-refractivity contribution in [2.45, 2.75) is 6.61 Å². The Morgan fingerprint density at radius 1 is 1.37 bits per heavy atom. The van der Waals surface area contributed by atoms with E-state index >= 15 is 0 Å². The van der Waals surface area contributed by atoms with Crippen LogP contribution in [0.2, 0.25) is 0 Å². The Morgan fingerprint density at radius 3 is 2.95 bits per heavy atom. The summed E-state index contributed by atoms with van der Waals surface area (Å²) in [5, 5.41) is 12.1. The number of hydrogen-bond acceptors (Lipinski definition) is 4. The van der Waals surface area contributed by atoms with Crippen molar-refractivity contribution < 1.29 is 5.11 Å². The zero-order valence-electron chi connectivity index (χ0n) is 10.5. The first kappa shape index (κ1) is 13.0. The summed E-state index contributed by atoms with van der Waals surface area (Å²) in [5.41, 5.74) is 3.20. The van der Waals surface area contributed by atoms with Crippen molar-refractivity contribution >= 4 is 5.95 Å². The predicted octanol–water partition coefficient (Wildman–Crippen LogP) is 2.75. The molecule has 4 nitrogen and oxygen atoms in total. The van der Waals surface area contributed by atoms with E-state index in [-0.39, 0.29) is 6.61 Å². The number of aliphatic hydroxyl groups is 1. The van der Waals surface area contributed by atoms with Gasteiger partial charge in [-0.25, -0.2) is 9.97 Å². The molecule has 19 heavy (non-hydrogen) atoms. The van der Waals surface area contributed by atoms with Crippen LogP contribution in [0, 0.1) is 0 Å². The molecule has 96 valence electrons. The number of allylic oxidation sites excluding steroid dienone is 1. The van der Waals surface area contributed by atoms with Gasteiger partial charge in [-0.1, -0.05) is 31.4 Å². The molecule has 0 aliphatic heterocycles. The van der Waals surface area contributed by atoms with E-state index in [1.807, 2.05) is 30.3 Å². The van der Waals surface area contributed by atoms with Gasteiger partial charge in [-0.2, -0.15) is 0 Å². The molecule has 0 aliphatic carbocycles. The summed E-state index contributed by atoms with van der Waals surface area (Å²) in [4.78, 5) is 8.51. The van der Waals surface area contributed by atoms with Crippen molar-refractivity contribution in [3.8, 4) is 11.3 Å². The van der Waals surface area contributed by atoms with E-state index in [1.54, 1.807) is 12.3 Å². The fourth-order valence-electron chi connectivity index (χ4n) is 1.60. The van der Waals surface area contributed by atoms with Gasteiger partial charge in [0.15, 0.2) is 0 Å². The van der Waals surface area contributed by atoms with Crippen molar-refractivity contribution in [2.24, 2.45) is 0 Å². The number of nitrogens with one attached hydrogen (secondary N) is 1. The lowest BCUT2D eigenvalue weighted by Crippen LogP contribution is -2.01. The van der Waals surface area contributed by atoms with E-state index in [2.05, 4.69) is 28.4 Å². The number of anilines is 1. The second-order valence-electron chi connectivity index (χ2n) is 3.98. The molecule has 0 unspecified atom stereocenters. The molecule has 0 saturated carbocycles. The Balaban J connectivity index is 2.31. The molecule has 2 aromatic rings. The lowest BCUT2D eigenvalue weighted by Gasteiger charge is -2.07. The van der Waals surface area contributed by atoms with E-state index in [4.69, 9.17) is 5.11 Å². The fraction of sp³-hybridized carbons (Fsp3) is 0.0667. The Kier molecular flexibility index (Phi) is 4.05. The van der Waals surface area contributed by atoms with Crippen molar-refractivity contribution in [3.05, 3.63) is 67.0 Å². The molecule has 0 saturated heterocycles. The molecule has 0 fully saturated rings. The first-order chi connectivity index (χ1) is 9.22. The van der Waals surface area contributed by atoms with Gasteiger partial charge in [-0.15, -0.1) is 0 Å². The molecule has 0 atom stereocenters. The first-order valence-corrected chi connectivity index (χ1v) is 5.84. The summed E-state index contributed by atoms with van der Waals surface area (Å²) in [5.74, 6) is 0.469. The number of aromatic nitrogens is 2. The lowest BCUT2D eigenvalue weighted by molar-refractivity contribution is 0.282. The largest absolute Gasteiger partial charge is 0.392 e. The molecule has 2 rings (SSSR count). The third-order valence-corrected chi connectivity index (χ3v) is 2.58. The third kappa shape index (κ3) is 3.26. The fourth-order valence-corrected chi connectivity index (χ4v) is 1.60. The zero-order valence-corrected chi connectivity index (χ0v) is 10.5. The van der Waals surface area contributed by atoms with Crippen molar-refractivity contribution in [3.63, 3.8) is 0 Å². The van der Waals surface area contributed by atoms with Crippen LogP contribution < -0.4 is 5.32 Å². The van der Waals surface area contributed by atoms with Crippen LogP contribution in [0.25, 0.3) is 11.3 Å². The van der Waals surface area contributed by atoms with Gasteiger partial charge in [0.05, 0.1) is 12.3 Å². The Bertz CT molecular complexity index is 608. The van der Waals surface area contributed by atoms with Crippen LogP contribution in [0.5, 0.6) is 0 Å². The van der Waals surface area contributed by atoms with E-state index in [1.165, 1.54) is 0 Å². The highest BCUT2D eigenvalue weighted by Crippen LogP contribution is 2.19. The highest BCUT2D eigenvalue weighted by molar-refractivity contribution is 5.61. The van der Waals surface area contributed by atoms with Gasteiger partial charge in [0.1, 0.15) is 0 Å². The minimum atomic E-state index is 0.0112. The molecule has 1 heterocycles. The van der Waals surface area contributed by atoms with E-state index in [9.17, 15) is 0 Å². The third-order valence-electron chi connectivity index (χ3n) is 2.58. The number of nitrogens with zero attached hydrogens (tertiary/aromatic N) is 2. The standard InChI is InChI=1S/C15H15N3O/c1-3-11(2)17-15-16-8-7-14(18-15)13-6-4-5-12(9-13)10-19/h3-9,19H,1-2,10H2,(H,16,17,18). The maximum atomic E-state index is 9.15. The summed E-state index contributed by atoms with van der Waals surface area (Å²) in [6.07, 6.45) is 3.27. The van der Waals surface area contributed by atoms with Crippen LogP contribution in [-0.2, 0) is 6.61 Å². The number of rotatable bonds is 5. The minimum Gasteiger partial charge on any atom is -0.392 e. The molecular formula is C15H15N3O. The smallest absolute Gasteiger partial charge is 0.227 e. The maximum Gasteiger partial charge on any atom is 0.227 e. The average Bonchev–Trinajstić information content (AvgIpc) is 2.47.